The van der Waals surface area contributed by atoms with Crippen LogP contribution in [0.1, 0.15) is 6.92 Å². The van der Waals surface area contributed by atoms with Crippen molar-refractivity contribution in [3.8, 4) is 0 Å². The minimum atomic E-state index is -0.0511. The van der Waals surface area contributed by atoms with E-state index in [-0.39, 0.29) is 10.00 Å². The van der Waals surface area contributed by atoms with Gasteiger partial charge in [-0.3, -0.25) is 0 Å². The molecule has 1 aliphatic rings. The molecule has 2 aromatic carbocycles. The van der Waals surface area contributed by atoms with Gasteiger partial charge in [-0.25, -0.2) is 0 Å². The van der Waals surface area contributed by atoms with Crippen molar-refractivity contribution < 1.29 is 4.79 Å². The van der Waals surface area contributed by atoms with E-state index in [0.717, 1.165) is 6.29 Å². The Labute approximate surface area is 128 Å². The lowest BCUT2D eigenvalue weighted by Gasteiger charge is -2.16. The van der Waals surface area contributed by atoms with Crippen molar-refractivity contribution in [1.29, 1.82) is 0 Å². The Morgan fingerprint density at radius 2 is 1.35 bits per heavy atom. The van der Waals surface area contributed by atoms with Gasteiger partial charge in [-0.2, -0.15) is 0 Å². The fourth-order valence-corrected chi connectivity index (χ4v) is 5.82. The average Bonchev–Trinajstić information content (AvgIpc) is 3.03. The molecule has 1 fully saturated rings. The van der Waals surface area contributed by atoms with Crippen molar-refractivity contribution >= 4 is 29.8 Å². The van der Waals surface area contributed by atoms with Gasteiger partial charge in [-0.05, 0) is 30.2 Å². The summed E-state index contributed by atoms with van der Waals surface area (Å²) in [5.41, 5.74) is 0. The van der Waals surface area contributed by atoms with Crippen LogP contribution < -0.4 is 0 Å². The van der Waals surface area contributed by atoms with E-state index in [1.54, 1.807) is 0 Å². The molecule has 3 heteroatoms. The number of hydrogen-bond donors (Lipinski definition) is 0. The molecule has 0 heterocycles. The minimum absolute atomic E-state index is 0.0511. The van der Waals surface area contributed by atoms with Gasteiger partial charge in [-0.1, -0.05) is 43.3 Å². The summed E-state index contributed by atoms with van der Waals surface area (Å²) in [5, 5.41) is 0. The predicted octanol–water partition coefficient (Wildman–Crippen LogP) is 4.73. The van der Waals surface area contributed by atoms with Crippen molar-refractivity contribution in [3.63, 3.8) is 0 Å². The summed E-state index contributed by atoms with van der Waals surface area (Å²) in [7, 11) is 0. The first-order chi connectivity index (χ1) is 9.76. The van der Waals surface area contributed by atoms with Gasteiger partial charge in [-0.15, -0.1) is 23.5 Å². The van der Waals surface area contributed by atoms with Gasteiger partial charge in [0, 0.05) is 15.7 Å². The highest BCUT2D eigenvalue weighted by Gasteiger charge is 2.63. The molecule has 0 saturated heterocycles. The molecule has 0 spiro atoms. The Hall–Kier alpha value is -1.19. The van der Waals surface area contributed by atoms with Gasteiger partial charge in [0.05, 0.1) is 4.08 Å². The second-order valence-corrected chi connectivity index (χ2v) is 7.96. The highest BCUT2D eigenvalue weighted by molar-refractivity contribution is 8.18. The van der Waals surface area contributed by atoms with E-state index >= 15 is 0 Å². The molecule has 3 rings (SSSR count). The van der Waals surface area contributed by atoms with Crippen LogP contribution in [0.4, 0.5) is 0 Å². The zero-order valence-corrected chi connectivity index (χ0v) is 12.9. The fraction of sp³-hybridized carbons (Fsp3) is 0.235. The molecule has 2 atom stereocenters. The molecule has 0 aromatic heterocycles. The smallest absolute Gasteiger partial charge is 0.125 e. The number of carbonyl (C=O) groups excluding carboxylic acids is 1. The SMILES string of the molecule is C[C@H]1[C@H](C=O)C1(Sc1ccccc1)Sc1ccccc1. The molecule has 0 radical (unpaired) electrons. The Kier molecular flexibility index (Phi) is 3.90. The number of aldehydes is 1. The van der Waals surface area contributed by atoms with Crippen LogP contribution in [0.15, 0.2) is 70.5 Å². The molecule has 1 saturated carbocycles. The van der Waals surface area contributed by atoms with Crippen LogP contribution in [-0.4, -0.2) is 10.4 Å². The lowest BCUT2D eigenvalue weighted by molar-refractivity contribution is -0.109. The van der Waals surface area contributed by atoms with Crippen molar-refractivity contribution in [2.45, 2.75) is 20.8 Å². The molecule has 0 unspecified atom stereocenters. The summed E-state index contributed by atoms with van der Waals surface area (Å²) in [6.07, 6.45) is 1.12. The summed E-state index contributed by atoms with van der Waals surface area (Å²) >= 11 is 3.65. The largest absolute Gasteiger partial charge is 0.303 e. The Morgan fingerprint density at radius 1 is 0.900 bits per heavy atom. The first kappa shape index (κ1) is 13.8. The Morgan fingerprint density at radius 3 is 1.70 bits per heavy atom. The number of carbonyl (C=O) groups is 1. The van der Waals surface area contributed by atoms with E-state index in [0.29, 0.717) is 5.92 Å². The summed E-state index contributed by atoms with van der Waals surface area (Å²) < 4.78 is -0.0511. The first-order valence-corrected chi connectivity index (χ1v) is 8.33. The van der Waals surface area contributed by atoms with Crippen LogP contribution in [0.3, 0.4) is 0 Å². The average molecular weight is 300 g/mol. The Balaban J connectivity index is 1.85. The molecule has 102 valence electrons. The number of thioether (sulfide) groups is 2. The van der Waals surface area contributed by atoms with E-state index in [1.807, 2.05) is 59.9 Å². The first-order valence-electron chi connectivity index (χ1n) is 6.69. The third-order valence-electron chi connectivity index (χ3n) is 3.72. The highest BCUT2D eigenvalue weighted by Crippen LogP contribution is 2.68. The lowest BCUT2D eigenvalue weighted by Crippen LogP contribution is -2.03. The second-order valence-electron chi connectivity index (χ2n) is 5.00. The zero-order chi connectivity index (χ0) is 14.0. The lowest BCUT2D eigenvalue weighted by atomic mass is 10.4. The predicted molar refractivity (Wildman–Crippen MR) is 86.0 cm³/mol. The van der Waals surface area contributed by atoms with Gasteiger partial charge < -0.3 is 4.79 Å². The molecule has 0 bridgehead atoms. The van der Waals surface area contributed by atoms with Gasteiger partial charge >= 0.3 is 0 Å². The topological polar surface area (TPSA) is 17.1 Å². The van der Waals surface area contributed by atoms with Crippen LogP contribution in [0, 0.1) is 11.8 Å². The van der Waals surface area contributed by atoms with Gasteiger partial charge in [0.15, 0.2) is 0 Å². The summed E-state index contributed by atoms with van der Waals surface area (Å²) in [6.45, 7) is 2.17. The van der Waals surface area contributed by atoms with E-state index in [9.17, 15) is 4.79 Å². The number of benzene rings is 2. The van der Waals surface area contributed by atoms with Gasteiger partial charge in [0.25, 0.3) is 0 Å². The van der Waals surface area contributed by atoms with Crippen LogP contribution in [0.2, 0.25) is 0 Å². The summed E-state index contributed by atoms with van der Waals surface area (Å²) in [6, 6.07) is 20.7. The zero-order valence-electron chi connectivity index (χ0n) is 11.2. The molecule has 1 nitrogen and oxygen atoms in total. The van der Waals surface area contributed by atoms with Crippen molar-refractivity contribution in [3.05, 3.63) is 60.7 Å². The van der Waals surface area contributed by atoms with Gasteiger partial charge in [0.1, 0.15) is 6.29 Å². The minimum Gasteiger partial charge on any atom is -0.303 e. The van der Waals surface area contributed by atoms with E-state index < -0.39 is 0 Å². The number of rotatable bonds is 5. The molecule has 0 amide bonds. The normalized spacial score (nSPS) is 23.2. The maximum absolute atomic E-state index is 11.3. The molecule has 2 aromatic rings. The highest BCUT2D eigenvalue weighted by atomic mass is 32.2. The molecular weight excluding hydrogens is 284 g/mol. The molecule has 0 aliphatic heterocycles. The van der Waals surface area contributed by atoms with Crippen molar-refractivity contribution in [2.75, 3.05) is 0 Å². The van der Waals surface area contributed by atoms with Crippen LogP contribution in [-0.2, 0) is 4.79 Å². The van der Waals surface area contributed by atoms with Crippen molar-refractivity contribution in [1.82, 2.24) is 0 Å². The van der Waals surface area contributed by atoms with Crippen molar-refractivity contribution in [2.24, 2.45) is 11.8 Å². The Bertz CT molecular complexity index is 541. The molecule has 0 N–H and O–H groups in total. The standard InChI is InChI=1S/C17H16OS2/c1-13-16(12-18)17(13,19-14-8-4-2-5-9-14)20-15-10-6-3-7-11-15/h2-13,16H,1H3/t13-,16-/m0/s1. The maximum atomic E-state index is 11.3. The second kappa shape index (κ2) is 5.66. The van der Waals surface area contributed by atoms with E-state index in [2.05, 4.69) is 31.2 Å². The van der Waals surface area contributed by atoms with Crippen LogP contribution in [0.5, 0.6) is 0 Å². The third kappa shape index (κ3) is 2.52. The van der Waals surface area contributed by atoms with E-state index in [4.69, 9.17) is 0 Å². The molecular formula is C17H16OS2. The third-order valence-corrected chi connectivity index (χ3v) is 7.16. The van der Waals surface area contributed by atoms with Gasteiger partial charge in [0.2, 0.25) is 0 Å². The van der Waals surface area contributed by atoms with Crippen LogP contribution >= 0.6 is 23.5 Å². The van der Waals surface area contributed by atoms with E-state index in [1.165, 1.54) is 9.79 Å². The number of hydrogen-bond acceptors (Lipinski definition) is 3. The quantitative estimate of drug-likeness (QED) is 0.587. The van der Waals surface area contributed by atoms with Crippen LogP contribution in [0.25, 0.3) is 0 Å². The molecule has 1 aliphatic carbocycles. The summed E-state index contributed by atoms with van der Waals surface area (Å²) in [4.78, 5) is 13.8. The monoisotopic (exact) mass is 300 g/mol. The maximum Gasteiger partial charge on any atom is 0.125 e. The molecule has 20 heavy (non-hydrogen) atoms. The summed E-state index contributed by atoms with van der Waals surface area (Å²) in [5.74, 6) is 0.522. The fourth-order valence-electron chi connectivity index (χ4n) is 2.43.